The molecule has 0 saturated carbocycles. The van der Waals surface area contributed by atoms with Crippen molar-refractivity contribution >= 4 is 21.9 Å². The summed E-state index contributed by atoms with van der Waals surface area (Å²) in [5.74, 6) is -0.709. The number of aliphatic carboxylic acids is 1. The number of hydrogen-bond acceptors (Lipinski definition) is 2. The summed E-state index contributed by atoms with van der Waals surface area (Å²) in [7, 11) is 0. The molecule has 2 aromatic carbocycles. The summed E-state index contributed by atoms with van der Waals surface area (Å²) >= 11 is 3.42. The summed E-state index contributed by atoms with van der Waals surface area (Å²) in [6, 6.07) is 18.1. The molecule has 0 unspecified atom stereocenters. The van der Waals surface area contributed by atoms with E-state index in [9.17, 15) is 9.90 Å². The van der Waals surface area contributed by atoms with Crippen LogP contribution in [0.4, 0.5) is 0 Å². The second kappa shape index (κ2) is 6.85. The van der Waals surface area contributed by atoms with Gasteiger partial charge in [-0.15, -0.1) is 0 Å². The molecular formula is C19H20BrNO2. The molecule has 1 aliphatic heterocycles. The molecule has 1 fully saturated rings. The van der Waals surface area contributed by atoms with Crippen molar-refractivity contribution in [3.05, 3.63) is 70.2 Å². The maximum absolute atomic E-state index is 12.0. The van der Waals surface area contributed by atoms with Crippen molar-refractivity contribution in [3.63, 3.8) is 0 Å². The van der Waals surface area contributed by atoms with Crippen molar-refractivity contribution in [2.75, 3.05) is 13.1 Å². The van der Waals surface area contributed by atoms with E-state index < -0.39 is 11.4 Å². The Bertz CT molecular complexity index is 662. The van der Waals surface area contributed by atoms with Crippen molar-refractivity contribution in [3.8, 4) is 0 Å². The predicted octanol–water partition coefficient (Wildman–Crippen LogP) is 4.07. The van der Waals surface area contributed by atoms with Gasteiger partial charge in [-0.05, 0) is 49.2 Å². The van der Waals surface area contributed by atoms with Crippen LogP contribution in [0.2, 0.25) is 0 Å². The number of rotatable bonds is 4. The average Bonchev–Trinajstić information content (AvgIpc) is 2.57. The Labute approximate surface area is 145 Å². The van der Waals surface area contributed by atoms with Crippen molar-refractivity contribution in [2.45, 2.75) is 24.8 Å². The van der Waals surface area contributed by atoms with Crippen molar-refractivity contribution in [1.82, 2.24) is 4.90 Å². The van der Waals surface area contributed by atoms with Gasteiger partial charge in [0.2, 0.25) is 0 Å². The van der Waals surface area contributed by atoms with E-state index in [1.165, 1.54) is 5.56 Å². The van der Waals surface area contributed by atoms with Gasteiger partial charge in [-0.3, -0.25) is 9.69 Å². The van der Waals surface area contributed by atoms with Gasteiger partial charge >= 0.3 is 5.97 Å². The first-order chi connectivity index (χ1) is 11.1. The van der Waals surface area contributed by atoms with Crippen molar-refractivity contribution in [2.24, 2.45) is 0 Å². The minimum atomic E-state index is -0.756. The molecule has 0 radical (unpaired) electrons. The molecular weight excluding hydrogens is 354 g/mol. The third-order valence-electron chi connectivity index (χ3n) is 4.76. The SMILES string of the molecule is O=C(O)C1(c2ccc(Br)cc2)CCN(Cc2ccccc2)CC1. The standard InChI is InChI=1S/C19H20BrNO2/c20-17-8-6-16(7-9-17)19(18(22)23)10-12-21(13-11-19)14-15-4-2-1-3-5-15/h1-9H,10-14H2,(H,22,23). The molecule has 1 heterocycles. The number of hydrogen-bond donors (Lipinski definition) is 1. The lowest BCUT2D eigenvalue weighted by Crippen LogP contribution is -2.47. The topological polar surface area (TPSA) is 40.5 Å². The molecule has 0 atom stereocenters. The molecule has 0 aromatic heterocycles. The third-order valence-corrected chi connectivity index (χ3v) is 5.29. The van der Waals surface area contributed by atoms with Gasteiger partial charge in [0.1, 0.15) is 0 Å². The number of carboxylic acids is 1. The predicted molar refractivity (Wildman–Crippen MR) is 94.4 cm³/mol. The van der Waals surface area contributed by atoms with Gasteiger partial charge in [-0.2, -0.15) is 0 Å². The lowest BCUT2D eigenvalue weighted by Gasteiger charge is -2.39. The van der Waals surface area contributed by atoms with E-state index in [-0.39, 0.29) is 0 Å². The lowest BCUT2D eigenvalue weighted by molar-refractivity contribution is -0.146. The normalized spacial score (nSPS) is 17.8. The molecule has 1 N–H and O–H groups in total. The maximum atomic E-state index is 12.0. The molecule has 120 valence electrons. The quantitative estimate of drug-likeness (QED) is 0.877. The fraction of sp³-hybridized carbons (Fsp3) is 0.316. The van der Waals surface area contributed by atoms with E-state index in [0.29, 0.717) is 12.8 Å². The van der Waals surface area contributed by atoms with Crippen LogP contribution in [0, 0.1) is 0 Å². The zero-order valence-corrected chi connectivity index (χ0v) is 14.5. The maximum Gasteiger partial charge on any atom is 0.314 e. The molecule has 0 aliphatic carbocycles. The van der Waals surface area contributed by atoms with Gasteiger partial charge in [0.05, 0.1) is 5.41 Å². The van der Waals surface area contributed by atoms with Crippen LogP contribution >= 0.6 is 15.9 Å². The first kappa shape index (κ1) is 16.2. The van der Waals surface area contributed by atoms with Crippen LogP contribution in [0.5, 0.6) is 0 Å². The van der Waals surface area contributed by atoms with Crippen molar-refractivity contribution in [1.29, 1.82) is 0 Å². The summed E-state index contributed by atoms with van der Waals surface area (Å²) in [6.45, 7) is 2.49. The molecule has 0 amide bonds. The van der Waals surface area contributed by atoms with Crippen LogP contribution in [-0.4, -0.2) is 29.1 Å². The summed E-state index contributed by atoms with van der Waals surface area (Å²) in [5, 5.41) is 9.86. The Morgan fingerprint density at radius 3 is 2.22 bits per heavy atom. The van der Waals surface area contributed by atoms with Gasteiger partial charge in [0, 0.05) is 11.0 Å². The van der Waals surface area contributed by atoms with Gasteiger partial charge in [-0.1, -0.05) is 58.4 Å². The minimum absolute atomic E-state index is 0.650. The molecule has 0 spiro atoms. The van der Waals surface area contributed by atoms with E-state index in [4.69, 9.17) is 0 Å². The fourth-order valence-electron chi connectivity index (χ4n) is 3.33. The number of carbonyl (C=O) groups is 1. The Hall–Kier alpha value is -1.65. The zero-order chi connectivity index (χ0) is 16.3. The first-order valence-corrected chi connectivity index (χ1v) is 8.65. The summed E-state index contributed by atoms with van der Waals surface area (Å²) in [5.41, 5.74) is 1.43. The summed E-state index contributed by atoms with van der Waals surface area (Å²) < 4.78 is 0.975. The Balaban J connectivity index is 1.73. The van der Waals surface area contributed by atoms with Gasteiger partial charge < -0.3 is 5.11 Å². The van der Waals surface area contributed by atoms with Crippen LogP contribution in [0.25, 0.3) is 0 Å². The monoisotopic (exact) mass is 373 g/mol. The Morgan fingerprint density at radius 2 is 1.65 bits per heavy atom. The molecule has 1 saturated heterocycles. The number of likely N-dealkylation sites (tertiary alicyclic amines) is 1. The van der Waals surface area contributed by atoms with Gasteiger partial charge in [-0.25, -0.2) is 0 Å². The van der Waals surface area contributed by atoms with E-state index in [0.717, 1.165) is 29.7 Å². The smallest absolute Gasteiger partial charge is 0.314 e. The minimum Gasteiger partial charge on any atom is -0.481 e. The van der Waals surface area contributed by atoms with Gasteiger partial charge in [0.15, 0.2) is 0 Å². The van der Waals surface area contributed by atoms with E-state index in [1.54, 1.807) is 0 Å². The molecule has 4 heteroatoms. The number of halogens is 1. The van der Waals surface area contributed by atoms with Crippen LogP contribution in [0.15, 0.2) is 59.1 Å². The second-order valence-electron chi connectivity index (χ2n) is 6.16. The Morgan fingerprint density at radius 1 is 1.04 bits per heavy atom. The molecule has 3 nitrogen and oxygen atoms in total. The number of carboxylic acid groups (broad SMARTS) is 1. The van der Waals surface area contributed by atoms with Crippen molar-refractivity contribution < 1.29 is 9.90 Å². The van der Waals surface area contributed by atoms with Gasteiger partial charge in [0.25, 0.3) is 0 Å². The van der Waals surface area contributed by atoms with E-state index in [2.05, 4.69) is 33.0 Å². The summed E-state index contributed by atoms with van der Waals surface area (Å²) in [6.07, 6.45) is 1.30. The highest BCUT2D eigenvalue weighted by Gasteiger charge is 2.42. The van der Waals surface area contributed by atoms with Crippen LogP contribution < -0.4 is 0 Å². The zero-order valence-electron chi connectivity index (χ0n) is 12.9. The second-order valence-corrected chi connectivity index (χ2v) is 7.07. The average molecular weight is 374 g/mol. The fourth-order valence-corrected chi connectivity index (χ4v) is 3.59. The molecule has 0 bridgehead atoms. The molecule has 23 heavy (non-hydrogen) atoms. The van der Waals surface area contributed by atoms with Crippen LogP contribution in [-0.2, 0) is 16.8 Å². The lowest BCUT2D eigenvalue weighted by atomic mass is 9.73. The van der Waals surface area contributed by atoms with E-state index >= 15 is 0 Å². The van der Waals surface area contributed by atoms with Crippen LogP contribution in [0.3, 0.4) is 0 Å². The van der Waals surface area contributed by atoms with Crippen LogP contribution in [0.1, 0.15) is 24.0 Å². The number of piperidine rings is 1. The Kier molecular flexibility index (Phi) is 4.83. The first-order valence-electron chi connectivity index (χ1n) is 7.86. The number of nitrogens with zero attached hydrogens (tertiary/aromatic N) is 1. The highest BCUT2D eigenvalue weighted by atomic mass is 79.9. The number of benzene rings is 2. The molecule has 3 rings (SSSR count). The third kappa shape index (κ3) is 3.48. The highest BCUT2D eigenvalue weighted by molar-refractivity contribution is 9.10. The largest absolute Gasteiger partial charge is 0.481 e. The highest BCUT2D eigenvalue weighted by Crippen LogP contribution is 2.36. The summed E-state index contributed by atoms with van der Waals surface area (Å²) in [4.78, 5) is 14.3. The molecule has 1 aliphatic rings. The van der Waals surface area contributed by atoms with E-state index in [1.807, 2.05) is 42.5 Å². The molecule has 2 aromatic rings.